The number of pyridine rings is 1. The van der Waals surface area contributed by atoms with Crippen molar-refractivity contribution in [3.05, 3.63) is 52.0 Å². The first kappa shape index (κ1) is 16.2. The van der Waals surface area contributed by atoms with Gasteiger partial charge in [0, 0.05) is 17.2 Å². The van der Waals surface area contributed by atoms with Gasteiger partial charge in [-0.3, -0.25) is 4.31 Å². The normalized spacial score (nSPS) is 11.4. The summed E-state index contributed by atoms with van der Waals surface area (Å²) >= 11 is 9.03. The van der Waals surface area contributed by atoms with Crippen LogP contribution in [0.1, 0.15) is 6.92 Å². The summed E-state index contributed by atoms with van der Waals surface area (Å²) < 4.78 is 40.7. The SMILES string of the molecule is CCN(c1ccccc1F)S(=O)(=O)c1cc(Br)cnc1Cl. The van der Waals surface area contributed by atoms with Crippen LogP contribution >= 0.6 is 27.5 Å². The van der Waals surface area contributed by atoms with Crippen molar-refractivity contribution in [1.82, 2.24) is 4.98 Å². The molecule has 1 aromatic heterocycles. The number of hydrogen-bond donors (Lipinski definition) is 0. The highest BCUT2D eigenvalue weighted by Crippen LogP contribution is 2.30. The van der Waals surface area contributed by atoms with E-state index in [0.29, 0.717) is 4.47 Å². The van der Waals surface area contributed by atoms with Crippen molar-refractivity contribution in [2.24, 2.45) is 0 Å². The smallest absolute Gasteiger partial charge is 0.264 e. The average molecular weight is 394 g/mol. The van der Waals surface area contributed by atoms with Crippen LogP contribution < -0.4 is 4.31 Å². The van der Waals surface area contributed by atoms with E-state index in [1.54, 1.807) is 13.0 Å². The van der Waals surface area contributed by atoms with Crippen LogP contribution in [-0.2, 0) is 10.0 Å². The van der Waals surface area contributed by atoms with Crippen molar-refractivity contribution in [2.45, 2.75) is 11.8 Å². The maximum Gasteiger partial charge on any atom is 0.267 e. The van der Waals surface area contributed by atoms with Crippen molar-refractivity contribution in [2.75, 3.05) is 10.8 Å². The number of sulfonamides is 1. The molecule has 112 valence electrons. The van der Waals surface area contributed by atoms with Crippen LogP contribution in [0.3, 0.4) is 0 Å². The Bertz CT molecular complexity index is 771. The molecule has 2 aromatic rings. The van der Waals surface area contributed by atoms with Gasteiger partial charge in [-0.25, -0.2) is 17.8 Å². The minimum Gasteiger partial charge on any atom is -0.264 e. The van der Waals surface area contributed by atoms with E-state index >= 15 is 0 Å². The van der Waals surface area contributed by atoms with Crippen LogP contribution in [0.25, 0.3) is 0 Å². The van der Waals surface area contributed by atoms with Crippen molar-refractivity contribution < 1.29 is 12.8 Å². The number of para-hydroxylation sites is 1. The molecule has 4 nitrogen and oxygen atoms in total. The maximum absolute atomic E-state index is 13.9. The van der Waals surface area contributed by atoms with Crippen molar-refractivity contribution in [1.29, 1.82) is 0 Å². The van der Waals surface area contributed by atoms with Gasteiger partial charge < -0.3 is 0 Å². The van der Waals surface area contributed by atoms with Crippen molar-refractivity contribution in [3.8, 4) is 0 Å². The van der Waals surface area contributed by atoms with E-state index in [1.165, 1.54) is 30.5 Å². The predicted molar refractivity (Wildman–Crippen MR) is 83.6 cm³/mol. The second-order valence-electron chi connectivity index (χ2n) is 4.06. The Morgan fingerprint density at radius 3 is 2.67 bits per heavy atom. The Hall–Kier alpha value is -1.18. The molecule has 0 aliphatic heterocycles. The van der Waals surface area contributed by atoms with Gasteiger partial charge in [-0.15, -0.1) is 0 Å². The molecule has 0 saturated heterocycles. The second kappa shape index (κ2) is 6.29. The zero-order chi connectivity index (χ0) is 15.6. The largest absolute Gasteiger partial charge is 0.267 e. The fraction of sp³-hybridized carbons (Fsp3) is 0.154. The topological polar surface area (TPSA) is 50.3 Å². The fourth-order valence-corrected chi connectivity index (χ4v) is 4.23. The Balaban J connectivity index is 2.61. The van der Waals surface area contributed by atoms with E-state index in [4.69, 9.17) is 11.6 Å². The zero-order valence-electron chi connectivity index (χ0n) is 10.9. The van der Waals surface area contributed by atoms with Gasteiger partial charge >= 0.3 is 0 Å². The molecule has 0 fully saturated rings. The fourth-order valence-electron chi connectivity index (χ4n) is 1.83. The van der Waals surface area contributed by atoms with Gasteiger partial charge in [-0.2, -0.15) is 0 Å². The first-order valence-corrected chi connectivity index (χ1v) is 8.57. The number of benzene rings is 1. The number of rotatable bonds is 4. The first-order valence-electron chi connectivity index (χ1n) is 5.96. The van der Waals surface area contributed by atoms with Crippen LogP contribution in [0.15, 0.2) is 45.9 Å². The highest BCUT2D eigenvalue weighted by molar-refractivity contribution is 9.10. The van der Waals surface area contributed by atoms with E-state index in [-0.39, 0.29) is 22.3 Å². The molecule has 0 atom stereocenters. The van der Waals surface area contributed by atoms with Crippen LogP contribution in [0.5, 0.6) is 0 Å². The molecule has 8 heteroatoms. The molecule has 0 aliphatic rings. The van der Waals surface area contributed by atoms with Gasteiger partial charge in [0.1, 0.15) is 15.9 Å². The van der Waals surface area contributed by atoms with E-state index < -0.39 is 15.8 Å². The predicted octanol–water partition coefficient (Wildman–Crippen LogP) is 3.85. The number of hydrogen-bond acceptors (Lipinski definition) is 3. The highest BCUT2D eigenvalue weighted by atomic mass is 79.9. The summed E-state index contributed by atoms with van der Waals surface area (Å²) in [5.41, 5.74) is -0.0314. The quantitative estimate of drug-likeness (QED) is 0.741. The Morgan fingerprint density at radius 1 is 1.38 bits per heavy atom. The van der Waals surface area contributed by atoms with Crippen LogP contribution in [0.4, 0.5) is 10.1 Å². The van der Waals surface area contributed by atoms with Gasteiger partial charge in [-0.05, 0) is 41.1 Å². The standard InChI is InChI=1S/C13H11BrClFN2O2S/c1-2-18(11-6-4-3-5-10(11)16)21(19,20)12-7-9(14)8-17-13(12)15/h3-8H,2H2,1H3. The summed E-state index contributed by atoms with van der Waals surface area (Å²) in [6, 6.07) is 7.00. The first-order chi connectivity index (χ1) is 9.87. The Kier molecular flexibility index (Phi) is 4.85. The van der Waals surface area contributed by atoms with Gasteiger partial charge in [-0.1, -0.05) is 23.7 Å². The lowest BCUT2D eigenvalue weighted by atomic mass is 10.3. The summed E-state index contributed by atoms with van der Waals surface area (Å²) in [5, 5.41) is -0.159. The Morgan fingerprint density at radius 2 is 2.05 bits per heavy atom. The van der Waals surface area contributed by atoms with E-state index in [2.05, 4.69) is 20.9 Å². The van der Waals surface area contributed by atoms with Gasteiger partial charge in [0.05, 0.1) is 5.69 Å². The second-order valence-corrected chi connectivity index (χ2v) is 7.17. The molecule has 0 saturated carbocycles. The number of aromatic nitrogens is 1. The average Bonchev–Trinajstić information content (AvgIpc) is 2.44. The summed E-state index contributed by atoms with van der Waals surface area (Å²) in [4.78, 5) is 3.62. The Labute approximate surface area is 135 Å². The molecule has 0 aliphatic carbocycles. The van der Waals surface area contributed by atoms with Crippen molar-refractivity contribution in [3.63, 3.8) is 0 Å². The lowest BCUT2D eigenvalue weighted by Crippen LogP contribution is -2.31. The van der Waals surface area contributed by atoms with Crippen LogP contribution in [-0.4, -0.2) is 19.9 Å². The monoisotopic (exact) mass is 392 g/mol. The third kappa shape index (κ3) is 3.20. The molecule has 1 aromatic carbocycles. The maximum atomic E-state index is 13.9. The third-order valence-corrected chi connectivity index (χ3v) is 5.50. The molecular formula is C13H11BrClFN2O2S. The minimum absolute atomic E-state index is 0.0314. The molecule has 0 bridgehead atoms. The van der Waals surface area contributed by atoms with Crippen LogP contribution in [0.2, 0.25) is 5.15 Å². The van der Waals surface area contributed by atoms with E-state index in [9.17, 15) is 12.8 Å². The molecule has 2 rings (SSSR count). The van der Waals surface area contributed by atoms with E-state index in [0.717, 1.165) is 4.31 Å². The van der Waals surface area contributed by atoms with Gasteiger partial charge in [0.15, 0.2) is 0 Å². The molecule has 0 radical (unpaired) electrons. The number of halogens is 3. The van der Waals surface area contributed by atoms with Crippen molar-refractivity contribution >= 4 is 43.2 Å². The number of nitrogens with zero attached hydrogens (tertiary/aromatic N) is 2. The summed E-state index contributed by atoms with van der Waals surface area (Å²) in [7, 11) is -4.01. The minimum atomic E-state index is -4.01. The molecular weight excluding hydrogens is 383 g/mol. The van der Waals surface area contributed by atoms with Gasteiger partial charge in [0.25, 0.3) is 10.0 Å². The lowest BCUT2D eigenvalue weighted by molar-refractivity contribution is 0.586. The van der Waals surface area contributed by atoms with Gasteiger partial charge in [0.2, 0.25) is 0 Å². The summed E-state index contributed by atoms with van der Waals surface area (Å²) in [6.45, 7) is 1.68. The van der Waals surface area contributed by atoms with E-state index in [1.807, 2.05) is 0 Å². The molecule has 0 amide bonds. The zero-order valence-corrected chi connectivity index (χ0v) is 14.1. The molecule has 21 heavy (non-hydrogen) atoms. The summed E-state index contributed by atoms with van der Waals surface area (Å²) in [6.07, 6.45) is 1.39. The van der Waals surface area contributed by atoms with Crippen LogP contribution in [0, 0.1) is 5.82 Å². The molecule has 0 N–H and O–H groups in total. The molecule has 1 heterocycles. The lowest BCUT2D eigenvalue weighted by Gasteiger charge is -2.23. The molecule has 0 spiro atoms. The number of anilines is 1. The summed E-state index contributed by atoms with van der Waals surface area (Å²) in [5.74, 6) is -0.623. The third-order valence-electron chi connectivity index (χ3n) is 2.75. The highest BCUT2D eigenvalue weighted by Gasteiger charge is 2.28. The molecule has 0 unspecified atom stereocenters.